The Morgan fingerprint density at radius 1 is 1.32 bits per heavy atom. The molecule has 0 aliphatic carbocycles. The van der Waals surface area contributed by atoms with Gasteiger partial charge in [0.25, 0.3) is 0 Å². The van der Waals surface area contributed by atoms with E-state index in [4.69, 9.17) is 5.73 Å². The molecule has 4 nitrogen and oxygen atoms in total. The van der Waals surface area contributed by atoms with Crippen molar-refractivity contribution in [2.24, 2.45) is 5.73 Å². The number of aromatic nitrogens is 1. The second kappa shape index (κ2) is 5.87. The number of hydrogen-bond acceptors (Lipinski definition) is 5. The molecule has 1 aromatic heterocycles. The van der Waals surface area contributed by atoms with E-state index in [0.29, 0.717) is 12.1 Å². The van der Waals surface area contributed by atoms with Crippen molar-refractivity contribution in [1.29, 1.82) is 0 Å². The van der Waals surface area contributed by atoms with Crippen LogP contribution in [0.15, 0.2) is 11.6 Å². The summed E-state index contributed by atoms with van der Waals surface area (Å²) >= 11 is 1.77. The van der Waals surface area contributed by atoms with Gasteiger partial charge in [0.05, 0.1) is 6.04 Å². The standard InChI is InChI=1S/C14H24N4S/c1-11(14-16-5-9-19-14)18-8-4-13(10-18)17-6-2-12(15)3-7-17/h5,9,11-13H,2-4,6-8,10,15H2,1H3. The third-order valence-electron chi connectivity index (χ3n) is 4.64. The monoisotopic (exact) mass is 280 g/mol. The van der Waals surface area contributed by atoms with Crippen LogP contribution >= 0.6 is 11.3 Å². The summed E-state index contributed by atoms with van der Waals surface area (Å²) in [5.41, 5.74) is 5.99. The lowest BCUT2D eigenvalue weighted by Gasteiger charge is -2.35. The van der Waals surface area contributed by atoms with Gasteiger partial charge in [0.15, 0.2) is 0 Å². The Morgan fingerprint density at radius 3 is 2.79 bits per heavy atom. The maximum absolute atomic E-state index is 5.99. The minimum atomic E-state index is 0.433. The van der Waals surface area contributed by atoms with E-state index in [0.717, 1.165) is 6.04 Å². The maximum Gasteiger partial charge on any atom is 0.109 e. The summed E-state index contributed by atoms with van der Waals surface area (Å²) in [6, 6.07) is 1.63. The molecule has 1 aromatic rings. The molecular weight excluding hydrogens is 256 g/mol. The predicted molar refractivity (Wildman–Crippen MR) is 79.3 cm³/mol. The number of nitrogens with two attached hydrogens (primary N) is 1. The molecule has 2 atom stereocenters. The Labute approximate surface area is 119 Å². The summed E-state index contributed by atoms with van der Waals surface area (Å²) in [7, 11) is 0. The van der Waals surface area contributed by atoms with Crippen LogP contribution in [0.25, 0.3) is 0 Å². The number of hydrogen-bond donors (Lipinski definition) is 1. The number of thiazole rings is 1. The van der Waals surface area contributed by atoms with E-state index >= 15 is 0 Å². The number of nitrogens with zero attached hydrogens (tertiary/aromatic N) is 3. The van der Waals surface area contributed by atoms with Crippen molar-refractivity contribution in [1.82, 2.24) is 14.8 Å². The molecule has 0 aromatic carbocycles. The van der Waals surface area contributed by atoms with Gasteiger partial charge in [0.1, 0.15) is 5.01 Å². The Morgan fingerprint density at radius 2 is 2.11 bits per heavy atom. The highest BCUT2D eigenvalue weighted by Gasteiger charge is 2.32. The molecule has 2 saturated heterocycles. The van der Waals surface area contributed by atoms with Gasteiger partial charge >= 0.3 is 0 Å². The van der Waals surface area contributed by atoms with Crippen molar-refractivity contribution in [2.75, 3.05) is 26.2 Å². The maximum atomic E-state index is 5.99. The number of piperidine rings is 1. The van der Waals surface area contributed by atoms with Gasteiger partial charge in [-0.25, -0.2) is 4.98 Å². The zero-order chi connectivity index (χ0) is 13.2. The van der Waals surface area contributed by atoms with Crippen LogP contribution in [0.2, 0.25) is 0 Å². The van der Waals surface area contributed by atoms with Crippen LogP contribution in [-0.4, -0.2) is 53.0 Å². The summed E-state index contributed by atoms with van der Waals surface area (Å²) in [6.07, 6.45) is 5.54. The lowest BCUT2D eigenvalue weighted by molar-refractivity contribution is 0.146. The van der Waals surface area contributed by atoms with Gasteiger partial charge in [-0.2, -0.15) is 0 Å². The molecule has 2 fully saturated rings. The first-order valence-corrected chi connectivity index (χ1v) is 8.25. The second-order valence-corrected chi connectivity index (χ2v) is 6.78. The zero-order valence-electron chi connectivity index (χ0n) is 11.7. The molecule has 19 heavy (non-hydrogen) atoms. The van der Waals surface area contributed by atoms with E-state index in [9.17, 15) is 0 Å². The zero-order valence-corrected chi connectivity index (χ0v) is 12.5. The quantitative estimate of drug-likeness (QED) is 0.915. The van der Waals surface area contributed by atoms with Gasteiger partial charge in [-0.1, -0.05) is 0 Å². The molecule has 3 rings (SSSR count). The molecule has 2 aliphatic heterocycles. The lowest BCUT2D eigenvalue weighted by Crippen LogP contribution is -2.46. The van der Waals surface area contributed by atoms with Crippen LogP contribution in [0.5, 0.6) is 0 Å². The van der Waals surface area contributed by atoms with Crippen molar-refractivity contribution in [3.05, 3.63) is 16.6 Å². The molecule has 0 radical (unpaired) electrons. The SMILES string of the molecule is CC(c1nccs1)N1CCC(N2CCC(N)CC2)C1. The minimum Gasteiger partial charge on any atom is -0.328 e. The number of likely N-dealkylation sites (tertiary alicyclic amines) is 2. The molecule has 0 bridgehead atoms. The van der Waals surface area contributed by atoms with Crippen molar-refractivity contribution in [3.63, 3.8) is 0 Å². The second-order valence-electron chi connectivity index (χ2n) is 5.86. The van der Waals surface area contributed by atoms with Crippen LogP contribution in [0.1, 0.15) is 37.2 Å². The molecule has 3 heterocycles. The summed E-state index contributed by atoms with van der Waals surface area (Å²) < 4.78 is 0. The van der Waals surface area contributed by atoms with Crippen molar-refractivity contribution < 1.29 is 0 Å². The highest BCUT2D eigenvalue weighted by molar-refractivity contribution is 7.09. The van der Waals surface area contributed by atoms with Crippen LogP contribution in [-0.2, 0) is 0 Å². The van der Waals surface area contributed by atoms with E-state index < -0.39 is 0 Å². The molecule has 0 amide bonds. The van der Waals surface area contributed by atoms with E-state index in [2.05, 4.69) is 27.1 Å². The van der Waals surface area contributed by atoms with Crippen LogP contribution in [0.3, 0.4) is 0 Å². The molecule has 2 N–H and O–H groups in total. The van der Waals surface area contributed by atoms with Gasteiger partial charge in [-0.05, 0) is 39.3 Å². The fourth-order valence-electron chi connectivity index (χ4n) is 3.30. The Kier molecular flexibility index (Phi) is 4.17. The largest absolute Gasteiger partial charge is 0.328 e. The van der Waals surface area contributed by atoms with E-state index in [1.165, 1.54) is 50.4 Å². The summed E-state index contributed by atoms with van der Waals surface area (Å²) in [6.45, 7) is 7.05. The van der Waals surface area contributed by atoms with E-state index in [-0.39, 0.29) is 0 Å². The number of rotatable bonds is 3. The molecule has 2 unspecified atom stereocenters. The lowest BCUT2D eigenvalue weighted by atomic mass is 10.0. The van der Waals surface area contributed by atoms with E-state index in [1.807, 2.05) is 6.20 Å². The van der Waals surface area contributed by atoms with Crippen LogP contribution in [0.4, 0.5) is 0 Å². The van der Waals surface area contributed by atoms with Gasteiger partial charge in [0.2, 0.25) is 0 Å². The Balaban J connectivity index is 1.55. The van der Waals surface area contributed by atoms with Gasteiger partial charge < -0.3 is 5.73 Å². The van der Waals surface area contributed by atoms with Crippen molar-refractivity contribution in [2.45, 2.75) is 44.3 Å². The summed E-state index contributed by atoms with van der Waals surface area (Å²) in [4.78, 5) is 9.69. The highest BCUT2D eigenvalue weighted by Crippen LogP contribution is 2.28. The van der Waals surface area contributed by atoms with Gasteiger partial charge in [-0.3, -0.25) is 9.80 Å². The summed E-state index contributed by atoms with van der Waals surface area (Å²) in [5, 5.41) is 3.33. The molecule has 2 aliphatic rings. The van der Waals surface area contributed by atoms with Crippen LogP contribution in [0, 0.1) is 0 Å². The topological polar surface area (TPSA) is 45.4 Å². The normalized spacial score (nSPS) is 28.8. The molecule has 0 saturated carbocycles. The average molecular weight is 280 g/mol. The van der Waals surface area contributed by atoms with Gasteiger partial charge in [0, 0.05) is 36.8 Å². The first-order valence-electron chi connectivity index (χ1n) is 7.37. The molecule has 106 valence electrons. The van der Waals surface area contributed by atoms with Crippen LogP contribution < -0.4 is 5.73 Å². The minimum absolute atomic E-state index is 0.433. The molecular formula is C14H24N4S. The fraction of sp³-hybridized carbons (Fsp3) is 0.786. The third kappa shape index (κ3) is 2.99. The van der Waals surface area contributed by atoms with Crippen molar-refractivity contribution in [3.8, 4) is 0 Å². The summed E-state index contributed by atoms with van der Waals surface area (Å²) in [5.74, 6) is 0. The smallest absolute Gasteiger partial charge is 0.109 e. The molecule has 0 spiro atoms. The third-order valence-corrected chi connectivity index (χ3v) is 5.59. The molecule has 5 heteroatoms. The Hall–Kier alpha value is -0.490. The first-order chi connectivity index (χ1) is 9.24. The average Bonchev–Trinajstić information content (AvgIpc) is 3.10. The fourth-order valence-corrected chi connectivity index (χ4v) is 4.03. The predicted octanol–water partition coefficient (Wildman–Crippen LogP) is 1.70. The van der Waals surface area contributed by atoms with Crippen molar-refractivity contribution >= 4 is 11.3 Å². The van der Waals surface area contributed by atoms with E-state index in [1.54, 1.807) is 11.3 Å². The Bertz CT molecular complexity index is 386. The van der Waals surface area contributed by atoms with Gasteiger partial charge in [-0.15, -0.1) is 11.3 Å². The highest BCUT2D eigenvalue weighted by atomic mass is 32.1. The first kappa shape index (κ1) is 13.5.